The van der Waals surface area contributed by atoms with Gasteiger partial charge in [-0.25, -0.2) is 0 Å². The fourth-order valence-electron chi connectivity index (χ4n) is 1.80. The zero-order valence-corrected chi connectivity index (χ0v) is 9.88. The van der Waals surface area contributed by atoms with Gasteiger partial charge < -0.3 is 10.2 Å². The fourth-order valence-corrected chi connectivity index (χ4v) is 2.62. The highest BCUT2D eigenvalue weighted by Crippen LogP contribution is 2.17. The normalized spacial score (nSPS) is 20.5. The van der Waals surface area contributed by atoms with Crippen LogP contribution in [0.15, 0.2) is 10.8 Å². The highest BCUT2D eigenvalue weighted by molar-refractivity contribution is 7.08. The van der Waals surface area contributed by atoms with Crippen molar-refractivity contribution < 1.29 is 4.79 Å². The summed E-state index contributed by atoms with van der Waals surface area (Å²) >= 11 is 1.52. The first-order valence-corrected chi connectivity index (χ1v) is 6.12. The number of nitriles is 1. The molecule has 1 saturated heterocycles. The Morgan fingerprint density at radius 3 is 3.12 bits per heavy atom. The van der Waals surface area contributed by atoms with Crippen LogP contribution in [0.5, 0.6) is 0 Å². The summed E-state index contributed by atoms with van der Waals surface area (Å²) in [5.41, 5.74) is 1.72. The Labute approximate surface area is 98.5 Å². The number of thiophene rings is 1. The zero-order valence-electron chi connectivity index (χ0n) is 9.06. The van der Waals surface area contributed by atoms with Crippen LogP contribution in [0, 0.1) is 18.3 Å². The van der Waals surface area contributed by atoms with E-state index in [1.54, 1.807) is 4.90 Å². The average Bonchev–Trinajstić information content (AvgIpc) is 2.74. The average molecular weight is 235 g/mol. The summed E-state index contributed by atoms with van der Waals surface area (Å²) in [7, 11) is 0. The molecule has 5 heteroatoms. The number of carbonyl (C=O) groups is 1. The van der Waals surface area contributed by atoms with Gasteiger partial charge in [0.15, 0.2) is 0 Å². The smallest absolute Gasteiger partial charge is 0.256 e. The van der Waals surface area contributed by atoms with Crippen molar-refractivity contribution in [2.24, 2.45) is 0 Å². The largest absolute Gasteiger partial charge is 0.320 e. The topological polar surface area (TPSA) is 56.1 Å². The predicted molar refractivity (Wildman–Crippen MR) is 62.4 cm³/mol. The maximum Gasteiger partial charge on any atom is 0.256 e. The van der Waals surface area contributed by atoms with Crippen LogP contribution in [0.2, 0.25) is 0 Å². The first-order valence-electron chi connectivity index (χ1n) is 5.18. The molecule has 2 rings (SSSR count). The molecule has 1 aromatic heterocycles. The quantitative estimate of drug-likeness (QED) is 0.790. The minimum atomic E-state index is -0.347. The van der Waals surface area contributed by atoms with Gasteiger partial charge in [-0.1, -0.05) is 0 Å². The van der Waals surface area contributed by atoms with Crippen molar-refractivity contribution in [2.75, 3.05) is 19.6 Å². The molecule has 2 heterocycles. The van der Waals surface area contributed by atoms with Crippen molar-refractivity contribution >= 4 is 17.2 Å². The van der Waals surface area contributed by atoms with E-state index in [4.69, 9.17) is 5.26 Å². The summed E-state index contributed by atoms with van der Waals surface area (Å²) in [6, 6.07) is 1.82. The second-order valence-corrected chi connectivity index (χ2v) is 4.56. The van der Waals surface area contributed by atoms with E-state index in [2.05, 4.69) is 11.4 Å². The maximum absolute atomic E-state index is 12.2. The Kier molecular flexibility index (Phi) is 3.22. The molecule has 0 aliphatic carbocycles. The van der Waals surface area contributed by atoms with Crippen molar-refractivity contribution in [3.8, 4) is 6.07 Å². The Bertz CT molecular complexity index is 435. The van der Waals surface area contributed by atoms with Crippen molar-refractivity contribution in [3.63, 3.8) is 0 Å². The molecular weight excluding hydrogens is 222 g/mol. The van der Waals surface area contributed by atoms with Crippen LogP contribution >= 0.6 is 11.3 Å². The van der Waals surface area contributed by atoms with E-state index in [-0.39, 0.29) is 11.9 Å². The Morgan fingerprint density at radius 2 is 2.50 bits per heavy atom. The summed E-state index contributed by atoms with van der Waals surface area (Å²) in [6.07, 6.45) is 0. The molecule has 0 bridgehead atoms. The number of amides is 1. The van der Waals surface area contributed by atoms with Gasteiger partial charge >= 0.3 is 0 Å². The number of piperazine rings is 1. The molecule has 1 fully saturated rings. The van der Waals surface area contributed by atoms with Crippen LogP contribution in [0.1, 0.15) is 15.9 Å². The van der Waals surface area contributed by atoms with Gasteiger partial charge in [-0.2, -0.15) is 16.6 Å². The van der Waals surface area contributed by atoms with Crippen LogP contribution in [0.3, 0.4) is 0 Å². The second kappa shape index (κ2) is 4.64. The van der Waals surface area contributed by atoms with Gasteiger partial charge in [0.1, 0.15) is 6.04 Å². The van der Waals surface area contributed by atoms with Crippen LogP contribution in [-0.2, 0) is 0 Å². The van der Waals surface area contributed by atoms with E-state index in [1.807, 2.05) is 17.7 Å². The van der Waals surface area contributed by atoms with Crippen LogP contribution in [0.25, 0.3) is 0 Å². The number of carbonyl (C=O) groups excluding carboxylic acids is 1. The highest BCUT2D eigenvalue weighted by Gasteiger charge is 2.27. The monoisotopic (exact) mass is 235 g/mol. The van der Waals surface area contributed by atoms with Gasteiger partial charge in [0.2, 0.25) is 0 Å². The van der Waals surface area contributed by atoms with E-state index >= 15 is 0 Å². The Hall–Kier alpha value is -1.38. The lowest BCUT2D eigenvalue weighted by Crippen LogP contribution is -2.53. The van der Waals surface area contributed by atoms with E-state index in [0.29, 0.717) is 13.1 Å². The Balaban J connectivity index is 2.21. The van der Waals surface area contributed by atoms with Crippen molar-refractivity contribution in [1.82, 2.24) is 10.2 Å². The lowest BCUT2D eigenvalue weighted by Gasteiger charge is -2.31. The molecule has 1 N–H and O–H groups in total. The molecule has 1 unspecified atom stereocenters. The first kappa shape index (κ1) is 11.1. The molecule has 0 saturated carbocycles. The van der Waals surface area contributed by atoms with Crippen LogP contribution < -0.4 is 5.32 Å². The van der Waals surface area contributed by atoms with Crippen molar-refractivity contribution in [2.45, 2.75) is 13.0 Å². The SMILES string of the molecule is Cc1cscc1C(=O)N1CCNCC1C#N. The van der Waals surface area contributed by atoms with Crippen molar-refractivity contribution in [1.29, 1.82) is 5.26 Å². The number of hydrogen-bond acceptors (Lipinski definition) is 4. The minimum absolute atomic E-state index is 0.0215. The number of rotatable bonds is 1. The van der Waals surface area contributed by atoms with Gasteiger partial charge in [0, 0.05) is 25.0 Å². The zero-order chi connectivity index (χ0) is 11.5. The predicted octanol–water partition coefficient (Wildman–Crippen LogP) is 0.994. The summed E-state index contributed by atoms with van der Waals surface area (Å²) in [6.45, 7) is 3.85. The third kappa shape index (κ3) is 1.94. The molecule has 4 nitrogen and oxygen atoms in total. The number of hydrogen-bond donors (Lipinski definition) is 1. The van der Waals surface area contributed by atoms with E-state index < -0.39 is 0 Å². The van der Waals surface area contributed by atoms with Crippen LogP contribution in [0.4, 0.5) is 0 Å². The molecule has 1 aliphatic heterocycles. The third-order valence-electron chi connectivity index (χ3n) is 2.74. The van der Waals surface area contributed by atoms with Gasteiger partial charge in [-0.3, -0.25) is 4.79 Å². The Morgan fingerprint density at radius 1 is 1.69 bits per heavy atom. The van der Waals surface area contributed by atoms with Gasteiger partial charge in [-0.15, -0.1) is 0 Å². The molecular formula is C11H13N3OS. The lowest BCUT2D eigenvalue weighted by molar-refractivity contribution is 0.0687. The molecule has 16 heavy (non-hydrogen) atoms. The summed E-state index contributed by atoms with van der Waals surface area (Å²) in [5, 5.41) is 15.9. The second-order valence-electron chi connectivity index (χ2n) is 3.82. The molecule has 1 amide bonds. The van der Waals surface area contributed by atoms with Crippen molar-refractivity contribution in [3.05, 3.63) is 21.9 Å². The molecule has 0 radical (unpaired) electrons. The molecule has 0 spiro atoms. The third-order valence-corrected chi connectivity index (χ3v) is 3.60. The van der Waals surface area contributed by atoms with E-state index in [1.165, 1.54) is 11.3 Å². The lowest BCUT2D eigenvalue weighted by atomic mass is 10.1. The first-order chi connectivity index (χ1) is 7.74. The molecule has 84 valence electrons. The van der Waals surface area contributed by atoms with E-state index in [9.17, 15) is 4.79 Å². The number of nitrogens with zero attached hydrogens (tertiary/aromatic N) is 2. The number of nitrogens with one attached hydrogen (secondary N) is 1. The maximum atomic E-state index is 12.2. The van der Waals surface area contributed by atoms with Gasteiger partial charge in [0.25, 0.3) is 5.91 Å². The standard InChI is InChI=1S/C11H13N3OS/c1-8-6-16-7-10(8)11(15)14-3-2-13-5-9(14)4-12/h6-7,9,13H,2-3,5H2,1H3. The highest BCUT2D eigenvalue weighted by atomic mass is 32.1. The van der Waals surface area contributed by atoms with Gasteiger partial charge in [0.05, 0.1) is 11.6 Å². The molecule has 1 atom stereocenters. The van der Waals surface area contributed by atoms with Gasteiger partial charge in [-0.05, 0) is 17.9 Å². The summed E-state index contributed by atoms with van der Waals surface area (Å²) in [4.78, 5) is 13.9. The molecule has 1 aromatic rings. The fraction of sp³-hybridized carbons (Fsp3) is 0.455. The molecule has 1 aliphatic rings. The summed E-state index contributed by atoms with van der Waals surface area (Å²) < 4.78 is 0. The van der Waals surface area contributed by atoms with E-state index in [0.717, 1.165) is 17.7 Å². The summed E-state index contributed by atoms with van der Waals surface area (Å²) in [5.74, 6) is -0.0215. The molecule has 0 aromatic carbocycles. The number of aryl methyl sites for hydroxylation is 1. The van der Waals surface area contributed by atoms with Crippen LogP contribution in [-0.4, -0.2) is 36.5 Å². The minimum Gasteiger partial charge on any atom is -0.320 e.